The Bertz CT molecular complexity index is 376. The van der Waals surface area contributed by atoms with Crippen LogP contribution in [0.1, 0.15) is 12.5 Å². The largest absolute Gasteiger partial charge is 0.508 e. The lowest BCUT2D eigenvalue weighted by Gasteiger charge is -2.20. The molecule has 0 unspecified atom stereocenters. The van der Waals surface area contributed by atoms with Gasteiger partial charge < -0.3 is 15.9 Å². The zero-order chi connectivity index (χ0) is 10.9. The van der Waals surface area contributed by atoms with Crippen LogP contribution in [0.2, 0.25) is 5.02 Å². The van der Waals surface area contributed by atoms with E-state index >= 15 is 0 Å². The third-order valence-electron chi connectivity index (χ3n) is 1.96. The molecule has 0 aliphatic carbocycles. The molecule has 0 amide bonds. The van der Waals surface area contributed by atoms with E-state index in [9.17, 15) is 9.90 Å². The van der Waals surface area contributed by atoms with Crippen LogP contribution in [0, 0.1) is 0 Å². The van der Waals surface area contributed by atoms with Crippen molar-refractivity contribution in [3.63, 3.8) is 0 Å². The molecular weight excluding hydrogens is 206 g/mol. The van der Waals surface area contributed by atoms with E-state index in [-0.39, 0.29) is 11.3 Å². The minimum Gasteiger partial charge on any atom is -0.508 e. The van der Waals surface area contributed by atoms with Crippen molar-refractivity contribution in [1.82, 2.24) is 0 Å². The summed E-state index contributed by atoms with van der Waals surface area (Å²) in [6.07, 6.45) is 0. The highest BCUT2D eigenvalue weighted by atomic mass is 35.5. The number of nitrogens with two attached hydrogens (primary N) is 1. The second-order valence-corrected chi connectivity index (χ2v) is 3.61. The molecule has 14 heavy (non-hydrogen) atoms. The van der Waals surface area contributed by atoms with E-state index in [1.54, 1.807) is 0 Å². The lowest BCUT2D eigenvalue weighted by atomic mass is 9.92. The van der Waals surface area contributed by atoms with Crippen molar-refractivity contribution >= 4 is 17.6 Å². The van der Waals surface area contributed by atoms with Gasteiger partial charge in [-0.25, -0.2) is 4.79 Å². The number of aromatic hydroxyl groups is 1. The van der Waals surface area contributed by atoms with Crippen molar-refractivity contribution < 1.29 is 15.0 Å². The highest BCUT2D eigenvalue weighted by molar-refractivity contribution is 6.30. The van der Waals surface area contributed by atoms with Crippen LogP contribution in [-0.4, -0.2) is 16.2 Å². The summed E-state index contributed by atoms with van der Waals surface area (Å²) < 4.78 is 0. The number of halogens is 1. The molecule has 0 radical (unpaired) electrons. The molecule has 0 saturated carbocycles. The van der Waals surface area contributed by atoms with Gasteiger partial charge in [0, 0.05) is 10.6 Å². The number of carboxylic acid groups (broad SMARTS) is 1. The third-order valence-corrected chi connectivity index (χ3v) is 2.20. The fourth-order valence-corrected chi connectivity index (χ4v) is 1.21. The van der Waals surface area contributed by atoms with Crippen molar-refractivity contribution in [2.45, 2.75) is 12.5 Å². The molecule has 1 rings (SSSR count). The number of carboxylic acids is 1. The second kappa shape index (κ2) is 3.48. The Kier molecular flexibility index (Phi) is 2.69. The molecule has 0 heterocycles. The van der Waals surface area contributed by atoms with Crippen LogP contribution in [0.5, 0.6) is 5.75 Å². The van der Waals surface area contributed by atoms with Gasteiger partial charge >= 0.3 is 5.97 Å². The Morgan fingerprint density at radius 2 is 2.14 bits per heavy atom. The molecule has 1 atom stereocenters. The smallest absolute Gasteiger partial charge is 0.328 e. The first-order chi connectivity index (χ1) is 6.35. The fraction of sp³-hybridized carbons (Fsp3) is 0.222. The maximum atomic E-state index is 10.8. The van der Waals surface area contributed by atoms with Gasteiger partial charge in [-0.15, -0.1) is 0 Å². The normalized spacial score (nSPS) is 14.8. The topological polar surface area (TPSA) is 83.6 Å². The van der Waals surface area contributed by atoms with E-state index in [1.165, 1.54) is 25.1 Å². The number of hydrogen-bond donors (Lipinski definition) is 3. The molecule has 0 aliphatic heterocycles. The van der Waals surface area contributed by atoms with Crippen LogP contribution in [-0.2, 0) is 10.3 Å². The molecule has 0 aliphatic rings. The van der Waals surface area contributed by atoms with Gasteiger partial charge in [0.2, 0.25) is 0 Å². The first kappa shape index (κ1) is 10.8. The zero-order valence-corrected chi connectivity index (χ0v) is 8.25. The van der Waals surface area contributed by atoms with Gasteiger partial charge in [0.05, 0.1) is 0 Å². The molecule has 0 spiro atoms. The summed E-state index contributed by atoms with van der Waals surface area (Å²) >= 11 is 5.67. The number of phenolic OH excluding ortho intramolecular Hbond substituents is 1. The molecule has 0 saturated heterocycles. The lowest BCUT2D eigenvalue weighted by Crippen LogP contribution is -2.41. The average molecular weight is 216 g/mol. The molecule has 76 valence electrons. The predicted octanol–water partition coefficient (Wildman–Crippen LogP) is 1.30. The number of carbonyl (C=O) groups is 1. The standard InChI is InChI=1S/C9H10ClNO3/c1-9(11,8(13)14)6-4-5(10)2-3-7(6)12/h2-4,12H,11H2,1H3,(H,13,14)/t9-/m0/s1. The Hall–Kier alpha value is -1.26. The lowest BCUT2D eigenvalue weighted by molar-refractivity contribution is -0.143. The van der Waals surface area contributed by atoms with E-state index < -0.39 is 11.5 Å². The Labute approximate surface area is 85.9 Å². The number of hydrogen-bond acceptors (Lipinski definition) is 3. The van der Waals surface area contributed by atoms with Crippen LogP contribution in [0.15, 0.2) is 18.2 Å². The van der Waals surface area contributed by atoms with Gasteiger partial charge in [0.1, 0.15) is 11.3 Å². The molecule has 5 heteroatoms. The maximum absolute atomic E-state index is 10.8. The van der Waals surface area contributed by atoms with E-state index in [1.807, 2.05) is 0 Å². The molecule has 1 aromatic carbocycles. The summed E-state index contributed by atoms with van der Waals surface area (Å²) in [5.41, 5.74) is 3.98. The summed E-state index contributed by atoms with van der Waals surface area (Å²) in [6, 6.07) is 4.11. The maximum Gasteiger partial charge on any atom is 0.328 e. The van der Waals surface area contributed by atoms with Crippen molar-refractivity contribution in [1.29, 1.82) is 0 Å². The van der Waals surface area contributed by atoms with Gasteiger partial charge in [0.25, 0.3) is 0 Å². The first-order valence-corrected chi connectivity index (χ1v) is 4.24. The Balaban J connectivity index is 3.31. The van der Waals surface area contributed by atoms with E-state index in [0.717, 1.165) is 0 Å². The fourth-order valence-electron chi connectivity index (χ4n) is 1.04. The molecule has 0 aromatic heterocycles. The Morgan fingerprint density at radius 3 is 2.64 bits per heavy atom. The van der Waals surface area contributed by atoms with E-state index in [2.05, 4.69) is 0 Å². The summed E-state index contributed by atoms with van der Waals surface area (Å²) in [7, 11) is 0. The molecular formula is C9H10ClNO3. The van der Waals surface area contributed by atoms with E-state index in [0.29, 0.717) is 5.02 Å². The molecule has 0 fully saturated rings. The predicted molar refractivity (Wildman–Crippen MR) is 52.3 cm³/mol. The van der Waals surface area contributed by atoms with Gasteiger partial charge in [0.15, 0.2) is 0 Å². The summed E-state index contributed by atoms with van der Waals surface area (Å²) in [5.74, 6) is -1.41. The second-order valence-electron chi connectivity index (χ2n) is 3.17. The van der Waals surface area contributed by atoms with Crippen LogP contribution >= 0.6 is 11.6 Å². The minimum atomic E-state index is -1.64. The summed E-state index contributed by atoms with van der Waals surface area (Å²) in [5, 5.41) is 18.6. The van der Waals surface area contributed by atoms with Crippen LogP contribution < -0.4 is 5.73 Å². The molecule has 4 nitrogen and oxygen atoms in total. The van der Waals surface area contributed by atoms with Crippen molar-refractivity contribution in [3.8, 4) is 5.75 Å². The summed E-state index contributed by atoms with van der Waals surface area (Å²) in [6.45, 7) is 1.29. The van der Waals surface area contributed by atoms with Crippen molar-refractivity contribution in [2.75, 3.05) is 0 Å². The van der Waals surface area contributed by atoms with E-state index in [4.69, 9.17) is 22.4 Å². The quantitative estimate of drug-likeness (QED) is 0.695. The number of rotatable bonds is 2. The first-order valence-electron chi connectivity index (χ1n) is 3.87. The van der Waals surface area contributed by atoms with Gasteiger partial charge in [-0.2, -0.15) is 0 Å². The highest BCUT2D eigenvalue weighted by Crippen LogP contribution is 2.29. The molecule has 0 bridgehead atoms. The summed E-state index contributed by atoms with van der Waals surface area (Å²) in [4.78, 5) is 10.8. The number of phenols is 1. The highest BCUT2D eigenvalue weighted by Gasteiger charge is 2.32. The van der Waals surface area contributed by atoms with Gasteiger partial charge in [-0.3, -0.25) is 0 Å². The van der Waals surface area contributed by atoms with Gasteiger partial charge in [-0.1, -0.05) is 11.6 Å². The molecule has 4 N–H and O–H groups in total. The van der Waals surface area contributed by atoms with Crippen molar-refractivity contribution in [3.05, 3.63) is 28.8 Å². The van der Waals surface area contributed by atoms with Crippen LogP contribution in [0.4, 0.5) is 0 Å². The average Bonchev–Trinajstić information content (AvgIpc) is 2.08. The van der Waals surface area contributed by atoms with Crippen molar-refractivity contribution in [2.24, 2.45) is 5.73 Å². The number of aliphatic carboxylic acids is 1. The molecule has 1 aromatic rings. The SMILES string of the molecule is C[C@@](N)(C(=O)O)c1cc(Cl)ccc1O. The zero-order valence-electron chi connectivity index (χ0n) is 7.49. The van der Waals surface area contributed by atoms with Gasteiger partial charge in [-0.05, 0) is 25.1 Å². The van der Waals surface area contributed by atoms with Crippen LogP contribution in [0.3, 0.4) is 0 Å². The Morgan fingerprint density at radius 1 is 1.57 bits per heavy atom. The number of benzene rings is 1. The van der Waals surface area contributed by atoms with Crippen LogP contribution in [0.25, 0.3) is 0 Å². The third kappa shape index (κ3) is 1.81. The monoisotopic (exact) mass is 215 g/mol. The minimum absolute atomic E-state index is 0.0949.